The van der Waals surface area contributed by atoms with Crippen LogP contribution in [0.1, 0.15) is 30.9 Å². The summed E-state index contributed by atoms with van der Waals surface area (Å²) in [6.07, 6.45) is 2.19. The van der Waals surface area contributed by atoms with Crippen molar-refractivity contribution in [3.05, 3.63) is 29.3 Å². The second-order valence-electron chi connectivity index (χ2n) is 5.18. The maximum atomic E-state index is 8.95. The molecule has 2 rings (SSSR count). The molecule has 1 aromatic rings. The second kappa shape index (κ2) is 5.41. The third kappa shape index (κ3) is 2.49. The molecule has 3 nitrogen and oxygen atoms in total. The zero-order chi connectivity index (χ0) is 13.1. The molecule has 1 fully saturated rings. The number of benzene rings is 1. The molecule has 1 aromatic carbocycles. The van der Waals surface area contributed by atoms with Gasteiger partial charge in [0.05, 0.1) is 11.6 Å². The van der Waals surface area contributed by atoms with Crippen LogP contribution in [0.4, 0.5) is 5.69 Å². The topological polar surface area (TPSA) is 53.0 Å². The van der Waals surface area contributed by atoms with Gasteiger partial charge in [-0.3, -0.25) is 0 Å². The van der Waals surface area contributed by atoms with Crippen molar-refractivity contribution in [2.24, 2.45) is 11.7 Å². The molecular formula is C15H21N3. The number of anilines is 1. The van der Waals surface area contributed by atoms with Gasteiger partial charge in [-0.25, -0.2) is 0 Å². The van der Waals surface area contributed by atoms with E-state index >= 15 is 0 Å². The Morgan fingerprint density at radius 3 is 2.89 bits per heavy atom. The Hall–Kier alpha value is -1.53. The predicted octanol–water partition coefficient (Wildman–Crippen LogP) is 2.43. The van der Waals surface area contributed by atoms with Gasteiger partial charge in [-0.05, 0) is 43.0 Å². The summed E-state index contributed by atoms with van der Waals surface area (Å²) in [7, 11) is 0. The number of rotatable bonds is 2. The molecule has 2 unspecified atom stereocenters. The summed E-state index contributed by atoms with van der Waals surface area (Å²) in [4.78, 5) is 2.39. The van der Waals surface area contributed by atoms with Crippen LogP contribution in [-0.4, -0.2) is 19.1 Å². The molecule has 18 heavy (non-hydrogen) atoms. The molecular weight excluding hydrogens is 222 g/mol. The third-order valence-corrected chi connectivity index (χ3v) is 4.01. The molecule has 1 saturated heterocycles. The van der Waals surface area contributed by atoms with E-state index in [1.165, 1.54) is 5.69 Å². The Kier molecular flexibility index (Phi) is 3.88. The van der Waals surface area contributed by atoms with Gasteiger partial charge < -0.3 is 10.6 Å². The van der Waals surface area contributed by atoms with Crippen LogP contribution < -0.4 is 10.6 Å². The van der Waals surface area contributed by atoms with E-state index < -0.39 is 0 Å². The van der Waals surface area contributed by atoms with E-state index in [0.717, 1.165) is 37.1 Å². The van der Waals surface area contributed by atoms with Crippen LogP contribution in [0.15, 0.2) is 18.2 Å². The summed E-state index contributed by atoms with van der Waals surface area (Å²) >= 11 is 0. The fourth-order valence-electron chi connectivity index (χ4n) is 2.69. The van der Waals surface area contributed by atoms with Gasteiger partial charge in [0.1, 0.15) is 0 Å². The van der Waals surface area contributed by atoms with Crippen molar-refractivity contribution in [2.75, 3.05) is 18.0 Å². The fourth-order valence-corrected chi connectivity index (χ4v) is 2.69. The molecule has 0 saturated carbocycles. The number of nitrogens with two attached hydrogens (primary N) is 1. The number of hydrogen-bond donors (Lipinski definition) is 1. The van der Waals surface area contributed by atoms with E-state index in [1.54, 1.807) is 0 Å². The minimum Gasteiger partial charge on any atom is -0.371 e. The molecule has 1 heterocycles. The number of nitriles is 1. The molecule has 0 bridgehead atoms. The molecule has 0 aromatic heterocycles. The summed E-state index contributed by atoms with van der Waals surface area (Å²) in [6.45, 7) is 6.25. The molecule has 1 aliphatic heterocycles. The molecule has 0 amide bonds. The van der Waals surface area contributed by atoms with E-state index in [0.29, 0.717) is 12.0 Å². The summed E-state index contributed by atoms with van der Waals surface area (Å²) in [6, 6.07) is 8.63. The van der Waals surface area contributed by atoms with Crippen molar-refractivity contribution >= 4 is 5.69 Å². The lowest BCUT2D eigenvalue weighted by atomic mass is 9.90. The first-order valence-electron chi connectivity index (χ1n) is 6.67. The Morgan fingerprint density at radius 2 is 2.28 bits per heavy atom. The van der Waals surface area contributed by atoms with E-state index in [-0.39, 0.29) is 0 Å². The van der Waals surface area contributed by atoms with Crippen molar-refractivity contribution in [3.8, 4) is 6.07 Å². The number of aryl methyl sites for hydroxylation is 1. The van der Waals surface area contributed by atoms with E-state index in [1.807, 2.05) is 13.0 Å². The molecule has 2 N–H and O–H groups in total. The first kappa shape index (κ1) is 12.9. The van der Waals surface area contributed by atoms with Gasteiger partial charge in [0, 0.05) is 24.8 Å². The average Bonchev–Trinajstić information content (AvgIpc) is 2.39. The highest BCUT2D eigenvalue weighted by Gasteiger charge is 2.25. The van der Waals surface area contributed by atoms with E-state index in [4.69, 9.17) is 11.0 Å². The number of nitrogens with zero attached hydrogens (tertiary/aromatic N) is 2. The smallest absolute Gasteiger partial charge is 0.0994 e. The number of hydrogen-bond acceptors (Lipinski definition) is 3. The van der Waals surface area contributed by atoms with Crippen molar-refractivity contribution < 1.29 is 0 Å². The second-order valence-corrected chi connectivity index (χ2v) is 5.18. The van der Waals surface area contributed by atoms with E-state index in [2.05, 4.69) is 30.0 Å². The maximum Gasteiger partial charge on any atom is 0.0994 e. The van der Waals surface area contributed by atoms with Crippen LogP contribution in [0.25, 0.3) is 0 Å². The summed E-state index contributed by atoms with van der Waals surface area (Å²) in [5.74, 6) is 0.578. The Bertz CT molecular complexity index is 461. The monoisotopic (exact) mass is 243 g/mol. The van der Waals surface area contributed by atoms with Crippen molar-refractivity contribution in [1.82, 2.24) is 0 Å². The van der Waals surface area contributed by atoms with Gasteiger partial charge in [-0.15, -0.1) is 0 Å². The quantitative estimate of drug-likeness (QED) is 0.868. The van der Waals surface area contributed by atoms with Crippen molar-refractivity contribution in [2.45, 2.75) is 32.7 Å². The van der Waals surface area contributed by atoms with Gasteiger partial charge in [-0.1, -0.05) is 13.3 Å². The van der Waals surface area contributed by atoms with Crippen LogP contribution in [0.3, 0.4) is 0 Å². The lowest BCUT2D eigenvalue weighted by Gasteiger charge is -2.38. The third-order valence-electron chi connectivity index (χ3n) is 4.01. The highest BCUT2D eigenvalue weighted by Crippen LogP contribution is 2.25. The first-order valence-corrected chi connectivity index (χ1v) is 6.67. The first-order chi connectivity index (χ1) is 8.65. The van der Waals surface area contributed by atoms with Gasteiger partial charge in [-0.2, -0.15) is 5.26 Å². The zero-order valence-corrected chi connectivity index (χ0v) is 11.2. The molecule has 0 spiro atoms. The molecule has 3 heteroatoms. The predicted molar refractivity (Wildman–Crippen MR) is 74.5 cm³/mol. The van der Waals surface area contributed by atoms with Crippen LogP contribution in [-0.2, 0) is 0 Å². The van der Waals surface area contributed by atoms with Crippen LogP contribution >= 0.6 is 0 Å². The Balaban J connectivity index is 2.17. The van der Waals surface area contributed by atoms with Crippen LogP contribution in [0.5, 0.6) is 0 Å². The average molecular weight is 243 g/mol. The lowest BCUT2D eigenvalue weighted by Crippen LogP contribution is -2.47. The van der Waals surface area contributed by atoms with Crippen molar-refractivity contribution in [3.63, 3.8) is 0 Å². The fraction of sp³-hybridized carbons (Fsp3) is 0.533. The molecule has 0 aliphatic carbocycles. The number of piperidine rings is 1. The lowest BCUT2D eigenvalue weighted by molar-refractivity contribution is 0.348. The van der Waals surface area contributed by atoms with Gasteiger partial charge in [0.15, 0.2) is 0 Å². The standard InChI is InChI=1S/C15H21N3/c1-3-12-10-18(7-6-15(12)17)14-5-4-13(9-16)11(2)8-14/h4-5,8,12,15H,3,6-7,10,17H2,1-2H3. The summed E-state index contributed by atoms with van der Waals surface area (Å²) in [5, 5.41) is 8.95. The summed E-state index contributed by atoms with van der Waals surface area (Å²) < 4.78 is 0. The maximum absolute atomic E-state index is 8.95. The Labute approximate surface area is 109 Å². The van der Waals surface area contributed by atoms with Gasteiger partial charge in [0.2, 0.25) is 0 Å². The van der Waals surface area contributed by atoms with Crippen LogP contribution in [0.2, 0.25) is 0 Å². The minimum atomic E-state index is 0.339. The normalized spacial score (nSPS) is 23.8. The van der Waals surface area contributed by atoms with Crippen molar-refractivity contribution in [1.29, 1.82) is 5.26 Å². The van der Waals surface area contributed by atoms with Crippen LogP contribution in [0, 0.1) is 24.2 Å². The molecule has 96 valence electrons. The molecule has 1 aliphatic rings. The molecule has 0 radical (unpaired) electrons. The van der Waals surface area contributed by atoms with Gasteiger partial charge in [0.25, 0.3) is 0 Å². The zero-order valence-electron chi connectivity index (χ0n) is 11.2. The largest absolute Gasteiger partial charge is 0.371 e. The summed E-state index contributed by atoms with van der Waals surface area (Å²) in [5.41, 5.74) is 9.17. The highest BCUT2D eigenvalue weighted by molar-refractivity contribution is 5.53. The molecule has 2 atom stereocenters. The van der Waals surface area contributed by atoms with Gasteiger partial charge >= 0.3 is 0 Å². The highest BCUT2D eigenvalue weighted by atomic mass is 15.1. The SMILES string of the molecule is CCC1CN(c2ccc(C#N)c(C)c2)CCC1N. The Morgan fingerprint density at radius 1 is 1.50 bits per heavy atom. The minimum absolute atomic E-state index is 0.339. The van der Waals surface area contributed by atoms with E-state index in [9.17, 15) is 0 Å².